The molecule has 0 rings (SSSR count). The van der Waals surface area contributed by atoms with Crippen LogP contribution in [0.25, 0.3) is 0 Å². The van der Waals surface area contributed by atoms with Gasteiger partial charge in [-0.2, -0.15) is 6.61 Å². The Labute approximate surface area is 30.2 Å². The van der Waals surface area contributed by atoms with E-state index in [1.54, 1.807) is 0 Å². The fourth-order valence-corrected chi connectivity index (χ4v) is 0. The van der Waals surface area contributed by atoms with Gasteiger partial charge in [0, 0.05) is 0 Å². The van der Waals surface area contributed by atoms with E-state index in [9.17, 15) is 0 Å². The average Bonchev–Trinajstić information content (AvgIpc) is 1.37. The Morgan fingerprint density at radius 2 is 1.67 bits per heavy atom. The first-order chi connectivity index (χ1) is 1.91. The molecule has 6 heavy (non-hydrogen) atoms. The monoisotopic (exact) mass is 322 g/mol. The molecule has 4 heteroatoms. The second-order valence-corrected chi connectivity index (χ2v) is 0.365. The van der Waals surface area contributed by atoms with Gasteiger partial charge in [-0.1, -0.05) is 6.61 Å². The van der Waals surface area contributed by atoms with E-state index in [-0.39, 0.29) is 12.1 Å². The zero-order valence-corrected chi connectivity index (χ0v) is 5.98. The number of hydrogen-bond donors (Lipinski definition) is 2. The van der Waals surface area contributed by atoms with Crippen LogP contribution in [0.3, 0.4) is 0 Å². The van der Waals surface area contributed by atoms with Gasteiger partial charge >= 0.3 is 0 Å². The van der Waals surface area contributed by atoms with E-state index in [0.29, 0.717) is 6.61 Å². The number of hydrogen-bond acceptors (Lipinski definition) is 2. The fraction of sp³-hybridized carbons (Fsp3) is 0.500. The summed E-state index contributed by atoms with van der Waals surface area (Å²) >= 11 is 0. The van der Waals surface area contributed by atoms with Crippen LogP contribution in [0.1, 0.15) is 0 Å². The number of aliphatic hydroxyl groups is 2. The Bertz CT molecular complexity index is 10.8. The molecule has 3 nitrogen and oxygen atoms in total. The topological polar surface area (TPSA) is 72.0 Å². The SMILES string of the molecule is O.O[CH-]CO.[Cm]. The van der Waals surface area contributed by atoms with E-state index in [1.165, 1.54) is 0 Å². The first-order valence-electron chi connectivity index (χ1n) is 0.983. The van der Waals surface area contributed by atoms with Gasteiger partial charge in [-0.05, 0) is 0 Å². The summed E-state index contributed by atoms with van der Waals surface area (Å²) in [6, 6.07) is 0. The third-order valence-corrected chi connectivity index (χ3v) is 0.0816. The maximum Gasteiger partial charge on any atom is 0 e. The summed E-state index contributed by atoms with van der Waals surface area (Å²) in [6.45, 7) is 0.431. The molecule has 0 amide bonds. The molecule has 4 N–H and O–H groups in total. The minimum atomic E-state index is -0.250. The van der Waals surface area contributed by atoms with Gasteiger partial charge in [-0.25, -0.2) is 0 Å². The van der Waals surface area contributed by atoms with Gasteiger partial charge in [-0.15, -0.1) is 0 Å². The quantitative estimate of drug-likeness (QED) is 0.588. The van der Waals surface area contributed by atoms with E-state index in [1.807, 2.05) is 0 Å². The van der Waals surface area contributed by atoms with Crippen LogP contribution in [0, 0.1) is 6.61 Å². The molecule has 0 heterocycles. The third kappa shape index (κ3) is 707. The maximum absolute atomic E-state index is 7.57. The molecule has 0 radical (unpaired) electrons. The van der Waals surface area contributed by atoms with E-state index in [0.717, 1.165) is 0 Å². The molecule has 0 aliphatic rings. The molecule has 0 spiro atoms. The zero-order chi connectivity index (χ0) is 3.41. The van der Waals surface area contributed by atoms with Gasteiger partial charge < -0.3 is 15.7 Å². The van der Waals surface area contributed by atoms with Gasteiger partial charge in [0.15, 0.2) is 0 Å². The van der Waals surface area contributed by atoms with Crippen molar-refractivity contribution in [1.82, 2.24) is 0 Å². The molecule has 0 atom stereocenters. The van der Waals surface area contributed by atoms with Crippen LogP contribution in [-0.2, 0) is 0 Å². The summed E-state index contributed by atoms with van der Waals surface area (Å²) in [4.78, 5) is 0. The minimum Gasteiger partial charge on any atom is -0.564 e. The van der Waals surface area contributed by atoms with Crippen molar-refractivity contribution in [2.45, 2.75) is 0 Å². The predicted octanol–water partition coefficient (Wildman–Crippen LogP) is -1.31. The van der Waals surface area contributed by atoms with Gasteiger partial charge in [0.2, 0.25) is 0 Å². The largest absolute Gasteiger partial charge is 0.564 e. The van der Waals surface area contributed by atoms with Crippen molar-refractivity contribution < 1.29 is 15.7 Å². The molecule has 0 aromatic rings. The van der Waals surface area contributed by atoms with Crippen molar-refractivity contribution in [2.24, 2.45) is 0 Å². The normalized spacial score (nSPS) is 5.00. The molecule has 0 aromatic carbocycles. The molecule has 0 saturated heterocycles. The second kappa shape index (κ2) is 41.6. The summed E-state index contributed by atoms with van der Waals surface area (Å²) in [5, 5.41) is 15.1. The van der Waals surface area contributed by atoms with Crippen LogP contribution in [0.15, 0.2) is 0 Å². The van der Waals surface area contributed by atoms with Crippen molar-refractivity contribution in [1.29, 1.82) is 0 Å². The van der Waals surface area contributed by atoms with Crippen LogP contribution >= 0.6 is 0 Å². The molecule has 0 saturated carbocycles. The Kier molecular flexibility index (Phi) is 144. The molecule has 0 aromatic heterocycles. The van der Waals surface area contributed by atoms with Crippen LogP contribution in [0.5, 0.6) is 0 Å². The van der Waals surface area contributed by atoms with Crippen molar-refractivity contribution >= 4 is 0 Å². The standard InChI is InChI=1S/C2H5O2.Cm.H2O/c3-1-2-4;;/h1,3-4H,2H2;;1H2/q-1;;. The van der Waals surface area contributed by atoms with Gasteiger partial charge in [-0.3, -0.25) is 0 Å². The number of rotatable bonds is 1. The molecule has 0 fully saturated rings. The van der Waals surface area contributed by atoms with Crippen LogP contribution in [0.2, 0.25) is 0 Å². The molecule has 0 unspecified atom stereocenters. The maximum atomic E-state index is 7.57. The van der Waals surface area contributed by atoms with E-state index < -0.39 is 0 Å². The smallest absolute Gasteiger partial charge is 0 e. The fourth-order valence-electron chi connectivity index (χ4n) is 0. The van der Waals surface area contributed by atoms with Crippen LogP contribution in [0.4, 0.5) is 0 Å². The molecular weight excluding hydrogens is 319 g/mol. The molecule has 0 aliphatic carbocycles. The average molecular weight is 326 g/mol. The summed E-state index contributed by atoms with van der Waals surface area (Å²) in [6.07, 6.45) is 0. The molecular formula is C2H7CmO3-. The van der Waals surface area contributed by atoms with Crippen LogP contribution in [-0.4, -0.2) is 22.3 Å². The van der Waals surface area contributed by atoms with Gasteiger partial charge in [0.1, 0.15) is 0 Å². The van der Waals surface area contributed by atoms with Crippen molar-refractivity contribution in [3.63, 3.8) is 0 Å². The Balaban J connectivity index is -0.0000000450. The van der Waals surface area contributed by atoms with Crippen LogP contribution < -0.4 is 0 Å². The van der Waals surface area contributed by atoms with E-state index in [2.05, 4.69) is 0 Å². The first-order valence-corrected chi connectivity index (χ1v) is 0.983. The molecule has 0 bridgehead atoms. The van der Waals surface area contributed by atoms with Crippen molar-refractivity contribution in [3.05, 3.63) is 6.61 Å². The van der Waals surface area contributed by atoms with E-state index in [4.69, 9.17) is 10.2 Å². The Hall–Kier alpha value is -1.12. The summed E-state index contributed by atoms with van der Waals surface area (Å²) in [5.41, 5.74) is 0. The minimum absolute atomic E-state index is 0. The third-order valence-electron chi connectivity index (χ3n) is 0.0816. The summed E-state index contributed by atoms with van der Waals surface area (Å²) in [7, 11) is 0. The Morgan fingerprint density at radius 3 is 1.67 bits per heavy atom. The van der Waals surface area contributed by atoms with Gasteiger partial charge in [0.25, 0.3) is 0 Å². The molecule has 42 valence electrons. The first kappa shape index (κ1) is 20.8. The zero-order valence-electron chi connectivity index (χ0n) is 3.03. The molecule has 0 aliphatic heterocycles. The van der Waals surface area contributed by atoms with Gasteiger partial charge in [0.05, 0.1) is 0 Å². The second-order valence-electron chi connectivity index (χ2n) is 0.365. The summed E-state index contributed by atoms with van der Waals surface area (Å²) < 4.78 is 0. The number of aliphatic hydroxyl groups excluding tert-OH is 2. The predicted molar refractivity (Wildman–Crippen MR) is 16.9 cm³/mol. The van der Waals surface area contributed by atoms with E-state index >= 15 is 0 Å². The van der Waals surface area contributed by atoms with Crippen molar-refractivity contribution in [3.8, 4) is 0 Å². The Morgan fingerprint density at radius 1 is 1.50 bits per heavy atom. The summed E-state index contributed by atoms with van der Waals surface area (Å²) in [5.74, 6) is 0. The van der Waals surface area contributed by atoms with Crippen molar-refractivity contribution in [2.75, 3.05) is 6.61 Å².